The Morgan fingerprint density at radius 2 is 2.04 bits per heavy atom. The second-order valence-corrected chi connectivity index (χ2v) is 14.3. The lowest BCUT2D eigenvalue weighted by molar-refractivity contribution is 0.0199. The Bertz CT molecular complexity index is 1970. The number of nitrogens with zero attached hydrogens (tertiary/aromatic N) is 6. The van der Waals surface area contributed by atoms with Crippen molar-refractivity contribution >= 4 is 35.1 Å². The predicted molar refractivity (Wildman–Crippen MR) is 205 cm³/mol. The average molecular weight is 724 g/mol. The van der Waals surface area contributed by atoms with Gasteiger partial charge in [-0.2, -0.15) is 0 Å². The Balaban J connectivity index is 1.11. The van der Waals surface area contributed by atoms with E-state index in [2.05, 4.69) is 49.5 Å². The van der Waals surface area contributed by atoms with Crippen LogP contribution in [0.15, 0.2) is 73.9 Å². The van der Waals surface area contributed by atoms with Crippen LogP contribution in [0.25, 0.3) is 16.5 Å². The third-order valence-electron chi connectivity index (χ3n) is 11.2. The molecule has 0 aliphatic carbocycles. The number of nitrogens with one attached hydrogen (secondary N) is 1. The Kier molecular flexibility index (Phi) is 11.1. The molecule has 0 radical (unpaired) electrons. The number of fused-ring (bicyclic) bond motifs is 4. The molecule has 4 aliphatic rings. The maximum absolute atomic E-state index is 15.1. The number of piperazine rings is 1. The summed E-state index contributed by atoms with van der Waals surface area (Å²) < 4.78 is 47.4. The molecule has 5 heterocycles. The summed E-state index contributed by atoms with van der Waals surface area (Å²) in [7, 11) is 0. The molecule has 0 spiro atoms. The highest BCUT2D eigenvalue weighted by Crippen LogP contribution is 2.43. The molecular weight excluding hydrogens is 676 g/mol. The predicted octanol–water partition coefficient (Wildman–Crippen LogP) is 6.36. The lowest BCUT2D eigenvalue weighted by Gasteiger charge is -2.35. The lowest BCUT2D eigenvalue weighted by atomic mass is 9.95. The van der Waals surface area contributed by atoms with Crippen molar-refractivity contribution < 1.29 is 22.8 Å². The second-order valence-electron chi connectivity index (χ2n) is 14.3. The van der Waals surface area contributed by atoms with E-state index in [1.54, 1.807) is 18.3 Å². The Hall–Kier alpha value is -4.70. The highest BCUT2D eigenvalue weighted by Gasteiger charge is 2.49. The molecular formula is C41H47F2N7O3. The fraction of sp³-hybridized carbons (Fsp3) is 0.463. The van der Waals surface area contributed by atoms with Gasteiger partial charge in [0.05, 0.1) is 29.2 Å². The standard InChI is InChI=1S/C41H47F2N7O3/c1-5-32-19-38(48-53-32)52-24-31-15-17-41(16-8-18-50(31)41)25-51-26-46-37(20-42)35(40(44-4)49-22-29-12-13-30(23-49)47-29)21-45-27(3)34-10-7-9-28-11-14-36(43)33(6-2)39(28)34/h2,7,9-11,14,19,21,29-31,47H,3-5,8,12-13,15-18,20,22-26H2,1H3/b40-35+,45-21-,46-37-/t29?,30?,31-,41+/m0/s1. The van der Waals surface area contributed by atoms with E-state index in [1.165, 1.54) is 6.07 Å². The molecule has 1 aromatic heterocycles. The van der Waals surface area contributed by atoms with Crippen LogP contribution in [0.2, 0.25) is 0 Å². The monoisotopic (exact) mass is 723 g/mol. The zero-order valence-corrected chi connectivity index (χ0v) is 30.3. The first kappa shape index (κ1) is 36.6. The Labute approximate surface area is 309 Å². The van der Waals surface area contributed by atoms with E-state index in [0.29, 0.717) is 72.3 Å². The zero-order chi connectivity index (χ0) is 37.0. The van der Waals surface area contributed by atoms with Crippen LogP contribution >= 0.6 is 0 Å². The lowest BCUT2D eigenvalue weighted by Crippen LogP contribution is -2.50. The molecule has 278 valence electrons. The smallest absolute Gasteiger partial charge is 0.254 e. The molecule has 4 saturated heterocycles. The minimum atomic E-state index is -0.867. The van der Waals surface area contributed by atoms with E-state index < -0.39 is 12.5 Å². The van der Waals surface area contributed by atoms with Crippen LogP contribution in [0.3, 0.4) is 0 Å². The van der Waals surface area contributed by atoms with Crippen molar-refractivity contribution in [1.82, 2.24) is 20.3 Å². The number of aliphatic imine (C=N–C) groups is 3. The van der Waals surface area contributed by atoms with E-state index in [0.717, 1.165) is 62.6 Å². The molecule has 1 N–H and O–H groups in total. The molecule has 4 fully saturated rings. The summed E-state index contributed by atoms with van der Waals surface area (Å²) in [5, 5.41) is 8.96. The van der Waals surface area contributed by atoms with Gasteiger partial charge < -0.3 is 24.2 Å². The normalized spacial score (nSPS) is 24.8. The number of alkyl halides is 1. The van der Waals surface area contributed by atoms with Gasteiger partial charge in [0.25, 0.3) is 5.88 Å². The first-order valence-electron chi connectivity index (χ1n) is 18.5. The van der Waals surface area contributed by atoms with Crippen molar-refractivity contribution in [1.29, 1.82) is 0 Å². The van der Waals surface area contributed by atoms with Gasteiger partial charge in [0, 0.05) is 66.4 Å². The molecule has 53 heavy (non-hydrogen) atoms. The number of aryl methyl sites for hydroxylation is 1. The van der Waals surface area contributed by atoms with Crippen molar-refractivity contribution in [2.24, 2.45) is 15.0 Å². The van der Waals surface area contributed by atoms with Gasteiger partial charge in [-0.1, -0.05) is 43.7 Å². The van der Waals surface area contributed by atoms with Gasteiger partial charge in [-0.3, -0.25) is 14.9 Å². The molecule has 4 atom stereocenters. The van der Waals surface area contributed by atoms with E-state index in [1.807, 2.05) is 25.1 Å². The maximum Gasteiger partial charge on any atom is 0.254 e. The number of rotatable bonds is 15. The third kappa shape index (κ3) is 7.56. The van der Waals surface area contributed by atoms with E-state index >= 15 is 4.39 Å². The number of likely N-dealkylation sites (tertiary alicyclic amines) is 1. The molecule has 4 aliphatic heterocycles. The van der Waals surface area contributed by atoms with Crippen LogP contribution in [0.4, 0.5) is 8.78 Å². The Morgan fingerprint density at radius 3 is 2.77 bits per heavy atom. The number of benzene rings is 2. The number of hydrogen-bond donors (Lipinski definition) is 1. The molecule has 7 rings (SSSR count). The fourth-order valence-corrected chi connectivity index (χ4v) is 8.59. The van der Waals surface area contributed by atoms with Crippen molar-refractivity contribution in [2.75, 3.05) is 46.3 Å². The van der Waals surface area contributed by atoms with E-state index in [-0.39, 0.29) is 29.6 Å². The second kappa shape index (κ2) is 16.1. The topological polar surface area (TPSA) is 100 Å². The summed E-state index contributed by atoms with van der Waals surface area (Å²) in [5.74, 6) is 3.80. The number of halogens is 2. The summed E-state index contributed by atoms with van der Waals surface area (Å²) in [6.07, 6.45) is 14.2. The van der Waals surface area contributed by atoms with Crippen LogP contribution in [0.1, 0.15) is 62.3 Å². The van der Waals surface area contributed by atoms with Crippen molar-refractivity contribution in [3.05, 3.63) is 77.1 Å². The molecule has 2 unspecified atom stereocenters. The van der Waals surface area contributed by atoms with Gasteiger partial charge in [-0.15, -0.1) is 6.42 Å². The summed E-state index contributed by atoms with van der Waals surface area (Å²) in [6, 6.07) is 11.2. The van der Waals surface area contributed by atoms with Crippen molar-refractivity contribution in [2.45, 2.75) is 75.5 Å². The minimum Gasteiger partial charge on any atom is -0.474 e. The number of allylic oxidation sites excluding steroid dienone is 1. The fourth-order valence-electron chi connectivity index (χ4n) is 8.59. The molecule has 10 nitrogen and oxygen atoms in total. The van der Waals surface area contributed by atoms with Crippen LogP contribution < -0.4 is 10.1 Å². The number of ether oxygens (including phenoxy) is 2. The van der Waals surface area contributed by atoms with Gasteiger partial charge in [-0.05, 0) is 68.4 Å². The van der Waals surface area contributed by atoms with Gasteiger partial charge >= 0.3 is 0 Å². The molecule has 2 bridgehead atoms. The highest BCUT2D eigenvalue weighted by molar-refractivity contribution is 6.18. The Morgan fingerprint density at radius 1 is 1.21 bits per heavy atom. The van der Waals surface area contributed by atoms with E-state index in [4.69, 9.17) is 25.4 Å². The first-order valence-corrected chi connectivity index (χ1v) is 18.5. The quantitative estimate of drug-likeness (QED) is 0.111. The summed E-state index contributed by atoms with van der Waals surface area (Å²) in [6.45, 7) is 12.6. The van der Waals surface area contributed by atoms with Gasteiger partial charge in [0.2, 0.25) is 0 Å². The SMILES string of the molecule is C#Cc1c(F)ccc2cccc(C(=C)\N=C/C(=C(/N=C)N3CC4CCC(C3)N4)C(/CF)=N\COC[C@]34CCCN3[C@H](COc3cc(CC)on3)CC4)c12. The molecule has 2 aromatic carbocycles. The number of hydrogen-bond acceptors (Lipinski definition) is 10. The zero-order valence-electron chi connectivity index (χ0n) is 30.3. The molecule has 0 amide bonds. The van der Waals surface area contributed by atoms with Crippen molar-refractivity contribution in [3.8, 4) is 18.2 Å². The molecule has 12 heteroatoms. The minimum absolute atomic E-state index is 0.0294. The third-order valence-corrected chi connectivity index (χ3v) is 11.2. The number of terminal acetylenes is 1. The van der Waals surface area contributed by atoms with Crippen LogP contribution in [-0.2, 0) is 11.2 Å². The van der Waals surface area contributed by atoms with Crippen LogP contribution in [0, 0.1) is 18.2 Å². The largest absolute Gasteiger partial charge is 0.474 e. The van der Waals surface area contributed by atoms with Gasteiger partial charge in [-0.25, -0.2) is 13.8 Å². The first-order chi connectivity index (χ1) is 25.9. The summed E-state index contributed by atoms with van der Waals surface area (Å²) >= 11 is 0. The molecule has 3 aromatic rings. The van der Waals surface area contributed by atoms with Crippen molar-refractivity contribution in [3.63, 3.8) is 0 Å². The highest BCUT2D eigenvalue weighted by atomic mass is 19.1. The van der Waals surface area contributed by atoms with E-state index in [9.17, 15) is 4.39 Å². The van der Waals surface area contributed by atoms with Crippen LogP contribution in [-0.4, -0.2) is 104 Å². The summed E-state index contributed by atoms with van der Waals surface area (Å²) in [4.78, 5) is 18.4. The van der Waals surface area contributed by atoms with Gasteiger partial charge in [0.1, 0.15) is 37.4 Å². The summed E-state index contributed by atoms with van der Waals surface area (Å²) in [5.41, 5.74) is 1.49. The maximum atomic E-state index is 15.1. The number of aromatic nitrogens is 1. The average Bonchev–Trinajstić information content (AvgIpc) is 3.96. The van der Waals surface area contributed by atoms with Gasteiger partial charge in [0.15, 0.2) is 0 Å². The van der Waals surface area contributed by atoms with Crippen LogP contribution in [0.5, 0.6) is 5.88 Å². The molecule has 0 saturated carbocycles.